The molecule has 0 aliphatic heterocycles. The van der Waals surface area contributed by atoms with Crippen LogP contribution in [0.4, 0.5) is 26.3 Å². The van der Waals surface area contributed by atoms with Crippen LogP contribution in [0.3, 0.4) is 0 Å². The maximum absolute atomic E-state index is 13.3. The molecular formula is C24H18F6O2S2Zr. The normalized spacial score (nSPS) is 15.8. The maximum atomic E-state index is 13.3. The average Bonchev–Trinajstić information content (AvgIpc) is 3.49. The standard InChI is InChI=1S/2C7H5F3OS.2C5H5.Zr/c2*8-7(9,10)12-6-4-2-1-3-5(6)11;2*1-2-4-5-3-1;/h2*1-4,11H;2*1-3H,4H2;/q;;;;+2/p-2. The fourth-order valence-electron chi connectivity index (χ4n) is 3.67. The van der Waals surface area contributed by atoms with Crippen LogP contribution in [0.2, 0.25) is 0 Å². The topological polar surface area (TPSA) is 18.5 Å². The van der Waals surface area contributed by atoms with Crippen LogP contribution in [0.15, 0.2) is 101 Å². The van der Waals surface area contributed by atoms with Gasteiger partial charge in [0.25, 0.3) is 0 Å². The second-order valence-corrected chi connectivity index (χ2v) is 16.9. The van der Waals surface area contributed by atoms with Gasteiger partial charge in [-0.1, -0.05) is 0 Å². The second-order valence-electron chi connectivity index (χ2n) is 7.46. The van der Waals surface area contributed by atoms with E-state index in [1.807, 2.05) is 12.2 Å². The molecule has 35 heavy (non-hydrogen) atoms. The molecule has 0 saturated heterocycles. The van der Waals surface area contributed by atoms with Crippen LogP contribution in [0.1, 0.15) is 12.8 Å². The number of hydrogen-bond donors (Lipinski definition) is 0. The molecule has 2 aromatic carbocycles. The van der Waals surface area contributed by atoms with Crippen molar-refractivity contribution in [2.24, 2.45) is 0 Å². The van der Waals surface area contributed by atoms with Crippen molar-refractivity contribution >= 4 is 23.5 Å². The molecule has 0 spiro atoms. The Balaban J connectivity index is 1.83. The van der Waals surface area contributed by atoms with E-state index in [0.717, 1.165) is 6.56 Å². The zero-order valence-corrected chi connectivity index (χ0v) is 22.0. The van der Waals surface area contributed by atoms with Crippen molar-refractivity contribution in [3.63, 3.8) is 0 Å². The van der Waals surface area contributed by atoms with Gasteiger partial charge in [0.15, 0.2) is 0 Å². The minimum absolute atomic E-state index is 0.00724. The Morgan fingerprint density at radius 2 is 1.03 bits per heavy atom. The fraction of sp³-hybridized carbons (Fsp3) is 0.167. The first kappa shape index (κ1) is 26.2. The van der Waals surface area contributed by atoms with Gasteiger partial charge in [-0.15, -0.1) is 0 Å². The van der Waals surface area contributed by atoms with E-state index in [9.17, 15) is 26.3 Å². The third kappa shape index (κ3) is 6.68. The molecule has 0 saturated carbocycles. The van der Waals surface area contributed by atoms with Gasteiger partial charge in [0.2, 0.25) is 0 Å². The van der Waals surface area contributed by atoms with Crippen LogP contribution >= 0.6 is 23.5 Å². The van der Waals surface area contributed by atoms with Gasteiger partial charge in [0, 0.05) is 0 Å². The summed E-state index contributed by atoms with van der Waals surface area (Å²) < 4.78 is 94.0. The van der Waals surface area contributed by atoms with Gasteiger partial charge in [-0.05, 0) is 0 Å². The number of halogens is 6. The number of thioether (sulfide) groups is 2. The van der Waals surface area contributed by atoms with Crippen molar-refractivity contribution in [2.75, 3.05) is 0 Å². The third-order valence-electron chi connectivity index (χ3n) is 5.05. The number of benzene rings is 2. The van der Waals surface area contributed by atoms with Crippen LogP contribution < -0.4 is 5.63 Å². The molecule has 0 amide bonds. The molecule has 4 rings (SSSR count). The van der Waals surface area contributed by atoms with Gasteiger partial charge in [0.05, 0.1) is 0 Å². The van der Waals surface area contributed by atoms with Crippen LogP contribution in [-0.4, -0.2) is 11.0 Å². The summed E-state index contributed by atoms with van der Waals surface area (Å²) in [6, 6.07) is 11.5. The molecule has 2 aliphatic rings. The molecule has 0 unspecified atom stereocenters. The van der Waals surface area contributed by atoms with Gasteiger partial charge in [-0.25, -0.2) is 0 Å². The number of alkyl halides is 6. The molecular weight excluding hydrogens is 590 g/mol. The van der Waals surface area contributed by atoms with Crippen molar-refractivity contribution in [1.29, 1.82) is 0 Å². The Hall–Kier alpha value is -1.84. The molecule has 0 fully saturated rings. The zero-order valence-electron chi connectivity index (χ0n) is 17.9. The quantitative estimate of drug-likeness (QED) is 0.220. The van der Waals surface area contributed by atoms with Crippen molar-refractivity contribution in [2.45, 2.75) is 33.6 Å². The molecule has 0 N–H and O–H groups in total. The van der Waals surface area contributed by atoms with Crippen molar-refractivity contribution in [1.82, 2.24) is 0 Å². The predicted molar refractivity (Wildman–Crippen MR) is 122 cm³/mol. The Labute approximate surface area is 212 Å². The molecule has 2 aromatic rings. The average molecular weight is 608 g/mol. The number of allylic oxidation sites excluding steroid dienone is 8. The molecule has 0 aromatic heterocycles. The first-order valence-corrected chi connectivity index (χ1v) is 16.5. The van der Waals surface area contributed by atoms with Gasteiger partial charge in [0.1, 0.15) is 0 Å². The molecule has 0 atom stereocenters. The summed E-state index contributed by atoms with van der Waals surface area (Å²) in [5, 5.41) is 0. The predicted octanol–water partition coefficient (Wildman–Crippen LogP) is 9.04. The number of hydrogen-bond acceptors (Lipinski definition) is 4. The van der Waals surface area contributed by atoms with E-state index < -0.39 is 32.2 Å². The van der Waals surface area contributed by atoms with Crippen molar-refractivity contribution < 1.29 is 53.1 Å². The molecule has 11 heteroatoms. The summed E-state index contributed by atoms with van der Waals surface area (Å²) in [5.41, 5.74) is -9.09. The molecule has 184 valence electrons. The van der Waals surface area contributed by atoms with Gasteiger partial charge in [-0.2, -0.15) is 0 Å². The number of para-hydroxylation sites is 2. The zero-order chi connectivity index (χ0) is 25.1. The molecule has 2 aliphatic carbocycles. The van der Waals surface area contributed by atoms with Gasteiger partial charge >= 0.3 is 213 Å². The van der Waals surface area contributed by atoms with E-state index in [0.29, 0.717) is 12.8 Å². The Morgan fingerprint density at radius 1 is 0.629 bits per heavy atom. The van der Waals surface area contributed by atoms with E-state index in [-0.39, 0.29) is 44.8 Å². The van der Waals surface area contributed by atoms with E-state index in [1.54, 1.807) is 36.4 Å². The molecule has 0 bridgehead atoms. The molecule has 2 nitrogen and oxygen atoms in total. The van der Waals surface area contributed by atoms with E-state index >= 15 is 0 Å². The Bertz CT molecular complexity index is 1110. The second kappa shape index (κ2) is 10.6. The van der Waals surface area contributed by atoms with E-state index in [4.69, 9.17) is 5.63 Å². The van der Waals surface area contributed by atoms with Crippen LogP contribution in [0, 0.1) is 0 Å². The van der Waals surface area contributed by atoms with Gasteiger partial charge < -0.3 is 0 Å². The first-order valence-electron chi connectivity index (χ1n) is 10.4. The van der Waals surface area contributed by atoms with Crippen molar-refractivity contribution in [3.05, 3.63) is 91.5 Å². The summed E-state index contributed by atoms with van der Waals surface area (Å²) >= 11 is -5.42. The molecule has 0 radical (unpaired) electrons. The summed E-state index contributed by atoms with van der Waals surface area (Å²) in [5.74, 6) is -0.0145. The minimum atomic E-state index is -4.82. The van der Waals surface area contributed by atoms with E-state index in [1.165, 1.54) is 36.4 Å². The Kier molecular flexibility index (Phi) is 7.98. The van der Waals surface area contributed by atoms with Crippen LogP contribution in [0.25, 0.3) is 0 Å². The Morgan fingerprint density at radius 3 is 1.37 bits per heavy atom. The van der Waals surface area contributed by atoms with E-state index in [2.05, 4.69) is 0 Å². The van der Waals surface area contributed by atoms with Gasteiger partial charge in [-0.3, -0.25) is 0 Å². The third-order valence-corrected chi connectivity index (χ3v) is 15.1. The SMILES string of the molecule is FC(F)(F)Sc1ccccc1[O][Zr]([O]c1ccccc1SC(F)(F)F)([C]1=CC=CC1)[C]1=CC=CC1. The fourth-order valence-corrected chi connectivity index (χ4v) is 13.5. The van der Waals surface area contributed by atoms with Crippen LogP contribution in [-0.2, 0) is 21.1 Å². The summed E-state index contributed by atoms with van der Waals surface area (Å²) in [6.45, 7) is 0. The number of rotatable bonds is 8. The van der Waals surface area contributed by atoms with Crippen molar-refractivity contribution in [3.8, 4) is 11.5 Å². The summed E-state index contributed by atoms with van der Waals surface area (Å²) in [7, 11) is 0. The summed E-state index contributed by atoms with van der Waals surface area (Å²) in [6.07, 6.45) is 11.8. The molecule has 0 heterocycles. The van der Waals surface area contributed by atoms with Crippen LogP contribution in [0.5, 0.6) is 11.5 Å². The monoisotopic (exact) mass is 606 g/mol. The summed E-state index contributed by atoms with van der Waals surface area (Å²) in [4.78, 5) is -0.276. The first-order chi connectivity index (χ1) is 16.6.